The molecule has 1 aliphatic rings. The molecule has 0 atom stereocenters. The minimum absolute atomic E-state index is 0.688. The molecule has 10 heavy (non-hydrogen) atoms. The summed E-state index contributed by atoms with van der Waals surface area (Å²) in [5.41, 5.74) is 5.36. The van der Waals surface area contributed by atoms with Crippen molar-refractivity contribution in [3.8, 4) is 0 Å². The highest BCUT2D eigenvalue weighted by Crippen LogP contribution is 2.04. The Hall–Kier alpha value is -1.25. The van der Waals surface area contributed by atoms with Crippen molar-refractivity contribution < 1.29 is 0 Å². The van der Waals surface area contributed by atoms with Gasteiger partial charge in [-0.05, 0) is 19.1 Å². The number of rotatable bonds is 0. The number of hydrogen-bond acceptors (Lipinski definition) is 2. The molecule has 0 aromatic carbocycles. The molecule has 1 aromatic heterocycles. The lowest BCUT2D eigenvalue weighted by molar-refractivity contribution is 0.822. The van der Waals surface area contributed by atoms with E-state index in [4.69, 9.17) is 0 Å². The van der Waals surface area contributed by atoms with Crippen LogP contribution in [0.3, 0.4) is 0 Å². The Kier molecular flexibility index (Phi) is 1.03. The SMILES string of the molecule is CC1=NCNn2cccc21. The molecule has 3 heteroatoms. The Morgan fingerprint density at radius 1 is 1.70 bits per heavy atom. The second-order valence-corrected chi connectivity index (χ2v) is 2.32. The standard InChI is InChI=1S/C7H9N3/c1-6-7-3-2-4-10(7)9-5-8-6/h2-4,9H,5H2,1H3. The van der Waals surface area contributed by atoms with Crippen molar-refractivity contribution in [3.63, 3.8) is 0 Å². The Labute approximate surface area is 59.4 Å². The van der Waals surface area contributed by atoms with Gasteiger partial charge in [-0.25, -0.2) is 0 Å². The first kappa shape index (κ1) is 5.53. The van der Waals surface area contributed by atoms with Gasteiger partial charge in [0.05, 0.1) is 11.4 Å². The molecule has 0 bridgehead atoms. The molecule has 2 heterocycles. The second-order valence-electron chi connectivity index (χ2n) is 2.32. The van der Waals surface area contributed by atoms with Gasteiger partial charge in [0, 0.05) is 6.20 Å². The minimum atomic E-state index is 0.688. The summed E-state index contributed by atoms with van der Waals surface area (Å²) in [4.78, 5) is 4.23. The van der Waals surface area contributed by atoms with Gasteiger partial charge in [0.2, 0.25) is 0 Å². The number of nitrogens with zero attached hydrogens (tertiary/aromatic N) is 2. The molecule has 0 fully saturated rings. The van der Waals surface area contributed by atoms with Crippen molar-refractivity contribution in [2.45, 2.75) is 6.92 Å². The van der Waals surface area contributed by atoms with Crippen molar-refractivity contribution in [3.05, 3.63) is 24.0 Å². The third-order valence-corrected chi connectivity index (χ3v) is 1.68. The van der Waals surface area contributed by atoms with Crippen LogP contribution in [0.1, 0.15) is 12.6 Å². The van der Waals surface area contributed by atoms with E-state index in [0.717, 1.165) is 11.4 Å². The van der Waals surface area contributed by atoms with Crippen molar-refractivity contribution >= 4 is 5.71 Å². The van der Waals surface area contributed by atoms with E-state index >= 15 is 0 Å². The molecule has 1 aromatic rings. The van der Waals surface area contributed by atoms with Gasteiger partial charge in [0.1, 0.15) is 6.67 Å². The topological polar surface area (TPSA) is 29.3 Å². The van der Waals surface area contributed by atoms with Crippen molar-refractivity contribution in [1.82, 2.24) is 4.68 Å². The molecule has 1 aliphatic heterocycles. The van der Waals surface area contributed by atoms with E-state index in [1.54, 1.807) is 0 Å². The summed E-state index contributed by atoms with van der Waals surface area (Å²) in [6.45, 7) is 2.71. The van der Waals surface area contributed by atoms with E-state index in [-0.39, 0.29) is 0 Å². The smallest absolute Gasteiger partial charge is 0.122 e. The Morgan fingerprint density at radius 2 is 2.60 bits per heavy atom. The monoisotopic (exact) mass is 135 g/mol. The van der Waals surface area contributed by atoms with Gasteiger partial charge in [-0.15, -0.1) is 0 Å². The normalized spacial score (nSPS) is 15.5. The van der Waals surface area contributed by atoms with Crippen LogP contribution in [0.15, 0.2) is 23.3 Å². The lowest BCUT2D eigenvalue weighted by Gasteiger charge is -2.14. The molecule has 1 N–H and O–H groups in total. The minimum Gasteiger partial charge on any atom is -0.304 e. The number of nitrogens with one attached hydrogen (secondary N) is 1. The summed E-state index contributed by atoms with van der Waals surface area (Å²) in [6, 6.07) is 4.05. The fraction of sp³-hybridized carbons (Fsp3) is 0.286. The summed E-state index contributed by atoms with van der Waals surface area (Å²) >= 11 is 0. The molecule has 52 valence electrons. The fourth-order valence-corrected chi connectivity index (χ4v) is 1.12. The van der Waals surface area contributed by atoms with Crippen LogP contribution in [-0.2, 0) is 0 Å². The molecule has 0 saturated carbocycles. The first-order valence-corrected chi connectivity index (χ1v) is 3.30. The number of aromatic nitrogens is 1. The van der Waals surface area contributed by atoms with Crippen LogP contribution in [0, 0.1) is 0 Å². The largest absolute Gasteiger partial charge is 0.304 e. The molecule has 0 radical (unpaired) electrons. The van der Waals surface area contributed by atoms with Gasteiger partial charge in [0.25, 0.3) is 0 Å². The van der Waals surface area contributed by atoms with Gasteiger partial charge in [-0.1, -0.05) is 0 Å². The Bertz CT molecular complexity index is 272. The third kappa shape index (κ3) is 0.635. The lowest BCUT2D eigenvalue weighted by atomic mass is 10.3. The van der Waals surface area contributed by atoms with Crippen LogP contribution in [-0.4, -0.2) is 17.1 Å². The van der Waals surface area contributed by atoms with E-state index < -0.39 is 0 Å². The van der Waals surface area contributed by atoms with Gasteiger partial charge in [-0.2, -0.15) is 0 Å². The summed E-state index contributed by atoms with van der Waals surface area (Å²) < 4.78 is 1.99. The number of fused-ring (bicyclic) bond motifs is 1. The summed E-state index contributed by atoms with van der Waals surface area (Å²) in [7, 11) is 0. The molecule has 0 spiro atoms. The van der Waals surface area contributed by atoms with Gasteiger partial charge in [0.15, 0.2) is 0 Å². The van der Waals surface area contributed by atoms with Crippen molar-refractivity contribution in [2.75, 3.05) is 12.1 Å². The highest BCUT2D eigenvalue weighted by Gasteiger charge is 2.06. The zero-order valence-electron chi connectivity index (χ0n) is 5.83. The maximum Gasteiger partial charge on any atom is 0.122 e. The van der Waals surface area contributed by atoms with E-state index in [1.807, 2.05) is 29.9 Å². The van der Waals surface area contributed by atoms with E-state index in [9.17, 15) is 0 Å². The van der Waals surface area contributed by atoms with Crippen LogP contribution in [0.2, 0.25) is 0 Å². The zero-order valence-corrected chi connectivity index (χ0v) is 5.83. The van der Waals surface area contributed by atoms with Crippen molar-refractivity contribution in [1.29, 1.82) is 0 Å². The first-order chi connectivity index (χ1) is 4.88. The summed E-state index contributed by atoms with van der Waals surface area (Å²) in [5, 5.41) is 0. The lowest BCUT2D eigenvalue weighted by Crippen LogP contribution is -2.23. The van der Waals surface area contributed by atoms with E-state index in [1.165, 1.54) is 0 Å². The third-order valence-electron chi connectivity index (χ3n) is 1.68. The molecular weight excluding hydrogens is 126 g/mol. The van der Waals surface area contributed by atoms with Crippen molar-refractivity contribution in [2.24, 2.45) is 4.99 Å². The average molecular weight is 135 g/mol. The predicted octanol–water partition coefficient (Wildman–Crippen LogP) is 0.812. The fourth-order valence-electron chi connectivity index (χ4n) is 1.12. The molecule has 0 amide bonds. The van der Waals surface area contributed by atoms with Gasteiger partial charge >= 0.3 is 0 Å². The predicted molar refractivity (Wildman–Crippen MR) is 40.9 cm³/mol. The highest BCUT2D eigenvalue weighted by atomic mass is 15.4. The molecule has 0 unspecified atom stereocenters. The Balaban J connectivity index is 2.55. The maximum absolute atomic E-state index is 4.23. The van der Waals surface area contributed by atoms with Crippen LogP contribution in [0.25, 0.3) is 0 Å². The molecule has 3 nitrogen and oxygen atoms in total. The maximum atomic E-state index is 4.23. The van der Waals surface area contributed by atoms with Gasteiger partial charge < -0.3 is 5.43 Å². The van der Waals surface area contributed by atoms with E-state index in [0.29, 0.717) is 6.67 Å². The number of hydrogen-bond donors (Lipinski definition) is 1. The molecule has 0 aliphatic carbocycles. The summed E-state index contributed by atoms with van der Waals surface area (Å²) in [5.74, 6) is 0. The van der Waals surface area contributed by atoms with Crippen LogP contribution >= 0.6 is 0 Å². The zero-order chi connectivity index (χ0) is 6.97. The summed E-state index contributed by atoms with van der Waals surface area (Å²) in [6.07, 6.45) is 1.99. The first-order valence-electron chi connectivity index (χ1n) is 3.30. The van der Waals surface area contributed by atoms with Gasteiger partial charge in [-0.3, -0.25) is 9.67 Å². The molecule has 0 saturated heterocycles. The number of aliphatic imine (C=N–C) groups is 1. The second kappa shape index (κ2) is 1.87. The van der Waals surface area contributed by atoms with Crippen LogP contribution in [0.5, 0.6) is 0 Å². The van der Waals surface area contributed by atoms with Crippen LogP contribution < -0.4 is 5.43 Å². The average Bonchev–Trinajstić information content (AvgIpc) is 2.36. The van der Waals surface area contributed by atoms with E-state index in [2.05, 4.69) is 10.4 Å². The Morgan fingerprint density at radius 3 is 3.40 bits per heavy atom. The highest BCUT2D eigenvalue weighted by molar-refractivity contribution is 5.97. The molecular formula is C7H9N3. The quantitative estimate of drug-likeness (QED) is 0.560. The van der Waals surface area contributed by atoms with Crippen LogP contribution in [0.4, 0.5) is 0 Å². The molecule has 2 rings (SSSR count).